The number of hydrogen-bond donors (Lipinski definition) is 1. The molecule has 9 nitrogen and oxygen atoms in total. The molecule has 0 aromatic rings. The predicted molar refractivity (Wildman–Crippen MR) is 339 cm³/mol. The van der Waals surface area contributed by atoms with Gasteiger partial charge < -0.3 is 28.5 Å². The van der Waals surface area contributed by atoms with Gasteiger partial charge in [-0.2, -0.15) is 0 Å². The van der Waals surface area contributed by atoms with Crippen molar-refractivity contribution in [1.29, 1.82) is 0 Å². The van der Waals surface area contributed by atoms with Crippen molar-refractivity contribution in [3.8, 4) is 0 Å². The zero-order chi connectivity index (χ0) is 57.9. The lowest BCUT2D eigenvalue weighted by atomic mass is 10.0. The summed E-state index contributed by atoms with van der Waals surface area (Å²) in [5.74, 6) is -0.571. The summed E-state index contributed by atoms with van der Waals surface area (Å²) in [4.78, 5) is 40.0. The first-order valence-electron chi connectivity index (χ1n) is 33.2. The Kier molecular flexibility index (Phi) is 56.7. The van der Waals surface area contributed by atoms with Crippen molar-refractivity contribution >= 4 is 19.7 Å². The van der Waals surface area contributed by atoms with Gasteiger partial charge in [-0.15, -0.1) is 0 Å². The molecule has 3 atom stereocenters. The minimum atomic E-state index is -4.71. The average molecular weight is 1130 g/mol. The largest absolute Gasteiger partial charge is 0.756 e. The summed E-state index contributed by atoms with van der Waals surface area (Å²) in [5.41, 5.74) is 0. The number of likely N-dealkylation sites (N-methyl/N-ethyl adjacent to an activating group) is 1. The summed E-state index contributed by atoms with van der Waals surface area (Å²) in [6, 6.07) is -0.906. The molecule has 0 aromatic carbocycles. The Morgan fingerprint density at radius 3 is 1.24 bits per heavy atom. The minimum Gasteiger partial charge on any atom is -0.756 e. The van der Waals surface area contributed by atoms with E-state index < -0.39 is 26.6 Å². The lowest BCUT2D eigenvalue weighted by Crippen LogP contribution is -2.47. The van der Waals surface area contributed by atoms with E-state index in [0.29, 0.717) is 17.4 Å². The van der Waals surface area contributed by atoms with Crippen LogP contribution < -0.4 is 10.2 Å². The lowest BCUT2D eigenvalue weighted by molar-refractivity contribution is -0.870. The smallest absolute Gasteiger partial charge is 0.306 e. The average Bonchev–Trinajstić information content (AvgIpc) is 3.41. The number of hydrogen-bond acceptors (Lipinski definition) is 7. The van der Waals surface area contributed by atoms with Crippen LogP contribution in [0.25, 0.3) is 0 Å². The van der Waals surface area contributed by atoms with Crippen molar-refractivity contribution in [3.63, 3.8) is 0 Å². The van der Waals surface area contributed by atoms with Crippen LogP contribution >= 0.6 is 7.82 Å². The molecule has 0 heterocycles. The molecule has 460 valence electrons. The Bertz CT molecular complexity index is 1580. The van der Waals surface area contributed by atoms with Crippen LogP contribution in [0.4, 0.5) is 0 Å². The molecule has 0 saturated heterocycles. The van der Waals surface area contributed by atoms with E-state index in [0.717, 1.165) is 83.5 Å². The Morgan fingerprint density at radius 2 is 0.810 bits per heavy atom. The molecule has 0 aliphatic rings. The van der Waals surface area contributed by atoms with Crippen LogP contribution in [0.1, 0.15) is 303 Å². The second kappa shape index (κ2) is 58.6. The molecule has 79 heavy (non-hydrogen) atoms. The van der Waals surface area contributed by atoms with Gasteiger partial charge in [0.25, 0.3) is 7.82 Å². The monoisotopic (exact) mass is 1130 g/mol. The van der Waals surface area contributed by atoms with E-state index in [4.69, 9.17) is 13.8 Å². The second-order valence-corrected chi connectivity index (χ2v) is 25.0. The molecule has 0 aromatic heterocycles. The van der Waals surface area contributed by atoms with Crippen LogP contribution in [0.15, 0.2) is 72.9 Å². The third-order valence-electron chi connectivity index (χ3n) is 14.6. The molecular weight excluding hydrogens is 1000 g/mol. The van der Waals surface area contributed by atoms with Crippen molar-refractivity contribution in [1.82, 2.24) is 5.32 Å². The molecule has 0 bridgehead atoms. The fourth-order valence-corrected chi connectivity index (χ4v) is 10.2. The molecule has 0 spiro atoms. The zero-order valence-corrected chi connectivity index (χ0v) is 53.5. The van der Waals surface area contributed by atoms with Gasteiger partial charge in [0.05, 0.1) is 33.8 Å². The van der Waals surface area contributed by atoms with Crippen molar-refractivity contribution in [2.75, 3.05) is 40.9 Å². The molecule has 3 unspecified atom stereocenters. The van der Waals surface area contributed by atoms with Crippen molar-refractivity contribution in [3.05, 3.63) is 72.9 Å². The van der Waals surface area contributed by atoms with Gasteiger partial charge >= 0.3 is 5.97 Å². The number of unbranched alkanes of at least 4 members (excludes halogenated alkanes) is 34. The van der Waals surface area contributed by atoms with Gasteiger partial charge in [-0.1, -0.05) is 267 Å². The Labute approximate surface area is 489 Å². The van der Waals surface area contributed by atoms with Gasteiger partial charge in [0, 0.05) is 12.8 Å². The molecular formula is C69H127N2O7P. The number of allylic oxidation sites excluding steroid dienone is 11. The summed E-state index contributed by atoms with van der Waals surface area (Å²) in [6.07, 6.45) is 76.0. The van der Waals surface area contributed by atoms with E-state index >= 15 is 0 Å². The van der Waals surface area contributed by atoms with Crippen LogP contribution in [0.5, 0.6) is 0 Å². The summed E-state index contributed by atoms with van der Waals surface area (Å²) >= 11 is 0. The van der Waals surface area contributed by atoms with Crippen LogP contribution in [-0.2, 0) is 27.9 Å². The topological polar surface area (TPSA) is 114 Å². The number of quaternary nitrogens is 1. The van der Waals surface area contributed by atoms with E-state index in [-0.39, 0.29) is 31.3 Å². The highest BCUT2D eigenvalue weighted by Gasteiger charge is 2.27. The van der Waals surface area contributed by atoms with Crippen molar-refractivity contribution in [2.24, 2.45) is 0 Å². The number of phosphoric acid groups is 1. The van der Waals surface area contributed by atoms with Crippen LogP contribution in [-0.4, -0.2) is 69.4 Å². The summed E-state index contributed by atoms with van der Waals surface area (Å²) in [7, 11) is 1.16. The quantitative estimate of drug-likeness (QED) is 0.0212. The predicted octanol–water partition coefficient (Wildman–Crippen LogP) is 20.2. The first-order chi connectivity index (χ1) is 38.4. The van der Waals surface area contributed by atoms with Crippen molar-refractivity contribution in [2.45, 2.75) is 315 Å². The van der Waals surface area contributed by atoms with Gasteiger partial charge in [-0.25, -0.2) is 0 Å². The standard InChI is InChI=1S/C69H127N2O7P/c1-7-10-13-16-19-22-25-28-30-32-33-34-35-36-37-38-39-40-42-44-47-50-53-56-59-62-69(73)78-67(60-57-54-51-48-45-27-24-21-18-15-12-9-3)66(65-77-79(74,75)76-64-63-71(4,5)6)70-68(72)61-58-55-52-49-46-43-41-31-29-26-23-20-17-14-11-8-2/h11,14,20,23,28-31,43,46,57,60,66-67H,7-10,12-13,15-19,21-22,24-27,32-42,44-45,47-56,58-59,61-65H2,1-6H3,(H-,70,72,74,75)/b14-11+,23-20+,30-28+,31-29+,46-43+,60-57-. The van der Waals surface area contributed by atoms with Gasteiger partial charge in [-0.3, -0.25) is 14.2 Å². The van der Waals surface area contributed by atoms with Gasteiger partial charge in [-0.05, 0) is 96.0 Å². The van der Waals surface area contributed by atoms with E-state index in [1.54, 1.807) is 0 Å². The summed E-state index contributed by atoms with van der Waals surface area (Å²) < 4.78 is 30.3. The Balaban J connectivity index is 5.12. The number of nitrogens with zero attached hydrogens (tertiary/aromatic N) is 1. The number of amides is 1. The molecule has 0 fully saturated rings. The molecule has 0 aliphatic carbocycles. The molecule has 1 amide bonds. The highest BCUT2D eigenvalue weighted by atomic mass is 31.2. The van der Waals surface area contributed by atoms with Crippen LogP contribution in [0.3, 0.4) is 0 Å². The first kappa shape index (κ1) is 76.5. The van der Waals surface area contributed by atoms with Crippen molar-refractivity contribution < 1.29 is 37.3 Å². The maximum absolute atomic E-state index is 13.5. The fourth-order valence-electron chi connectivity index (χ4n) is 9.51. The minimum absolute atomic E-state index is 0.0301. The van der Waals surface area contributed by atoms with Crippen LogP contribution in [0.2, 0.25) is 0 Å². The normalized spacial score (nSPS) is 14.1. The molecule has 0 radical (unpaired) electrons. The summed E-state index contributed by atoms with van der Waals surface area (Å²) in [5, 5.41) is 3.01. The van der Waals surface area contributed by atoms with E-state index in [1.807, 2.05) is 33.3 Å². The molecule has 0 saturated carbocycles. The fraction of sp³-hybridized carbons (Fsp3) is 0.797. The number of carbonyl (C=O) groups excluding carboxylic acids is 2. The summed E-state index contributed by atoms with van der Waals surface area (Å²) in [6.45, 7) is 6.72. The van der Waals surface area contributed by atoms with Gasteiger partial charge in [0.15, 0.2) is 0 Å². The third-order valence-corrected chi connectivity index (χ3v) is 15.6. The zero-order valence-electron chi connectivity index (χ0n) is 52.6. The molecule has 0 rings (SSSR count). The van der Waals surface area contributed by atoms with Gasteiger partial charge in [0.2, 0.25) is 5.91 Å². The Hall–Kier alpha value is -2.55. The first-order valence-corrected chi connectivity index (χ1v) is 34.7. The second-order valence-electron chi connectivity index (χ2n) is 23.6. The molecule has 0 aliphatic heterocycles. The number of rotatable bonds is 60. The Morgan fingerprint density at radius 1 is 0.456 bits per heavy atom. The number of ether oxygens (including phenoxy) is 1. The highest BCUT2D eigenvalue weighted by Crippen LogP contribution is 2.38. The van der Waals surface area contributed by atoms with E-state index in [2.05, 4.69) is 86.8 Å². The third kappa shape index (κ3) is 59.9. The molecule has 1 N–H and O–H groups in total. The van der Waals surface area contributed by atoms with E-state index in [1.165, 1.54) is 180 Å². The van der Waals surface area contributed by atoms with Gasteiger partial charge in [0.1, 0.15) is 19.3 Å². The molecule has 10 heteroatoms. The number of esters is 1. The maximum Gasteiger partial charge on any atom is 0.306 e. The maximum atomic E-state index is 13.5. The number of carbonyl (C=O) groups is 2. The highest BCUT2D eigenvalue weighted by molar-refractivity contribution is 7.45. The number of nitrogens with one attached hydrogen (secondary N) is 1. The lowest BCUT2D eigenvalue weighted by Gasteiger charge is -2.30. The number of phosphoric ester groups is 1. The van der Waals surface area contributed by atoms with Crippen LogP contribution in [0, 0.1) is 0 Å². The van der Waals surface area contributed by atoms with E-state index in [9.17, 15) is 19.0 Å². The SMILES string of the molecule is CC/C=C/C/C=C/C/C=C/C/C=C/CCCCCC(=O)NC(COP(=O)([O-])OCC[N+](C)(C)C)C(/C=C\CCCCCCCCCCCC)OC(=O)CCCCCCCCCCCCCCCCC/C=C/CCCCCCCC.